The van der Waals surface area contributed by atoms with Crippen molar-refractivity contribution >= 4 is 55.4 Å². The highest BCUT2D eigenvalue weighted by atomic mass is 32.2. The second-order valence-corrected chi connectivity index (χ2v) is 10.2. The van der Waals surface area contributed by atoms with E-state index < -0.39 is 34.5 Å². The third-order valence-electron chi connectivity index (χ3n) is 4.38. The number of hydrazone groups is 1. The summed E-state index contributed by atoms with van der Waals surface area (Å²) in [7, 11) is 0. The molecule has 0 saturated carbocycles. The first-order chi connectivity index (χ1) is 14.6. The number of nitrogens with one attached hydrogen (secondary N) is 1. The fraction of sp³-hybridized carbons (Fsp3) is 0.500. The quantitative estimate of drug-likeness (QED) is 0.356. The monoisotopic (exact) mass is 466 g/mol. The van der Waals surface area contributed by atoms with Crippen LogP contribution in [0, 0.1) is 11.8 Å². The molecule has 1 aromatic heterocycles. The van der Waals surface area contributed by atoms with Crippen LogP contribution in [0.2, 0.25) is 0 Å². The maximum Gasteiger partial charge on any atom is 0.369 e. The summed E-state index contributed by atoms with van der Waals surface area (Å²) in [6, 6.07) is 5.09. The van der Waals surface area contributed by atoms with E-state index in [-0.39, 0.29) is 17.6 Å². The lowest BCUT2D eigenvalue weighted by molar-refractivity contribution is -0.238. The average molecular weight is 467 g/mol. The molecule has 9 nitrogen and oxygen atoms in total. The Kier molecular flexibility index (Phi) is 7.07. The number of thiazole rings is 1. The van der Waals surface area contributed by atoms with Crippen molar-refractivity contribution < 1.29 is 27.8 Å². The van der Waals surface area contributed by atoms with Crippen molar-refractivity contribution in [2.24, 2.45) is 16.9 Å². The fourth-order valence-corrected chi connectivity index (χ4v) is 4.79. The van der Waals surface area contributed by atoms with Crippen LogP contribution in [0.3, 0.4) is 0 Å². The number of hydrogen-bond donors (Lipinski definition) is 1. The molecule has 1 atom stereocenters. The summed E-state index contributed by atoms with van der Waals surface area (Å²) in [6.45, 7) is 7.84. The number of anilines is 1. The van der Waals surface area contributed by atoms with Crippen molar-refractivity contribution in [3.8, 4) is 0 Å². The van der Waals surface area contributed by atoms with E-state index >= 15 is 0 Å². The molecule has 2 heterocycles. The van der Waals surface area contributed by atoms with Gasteiger partial charge >= 0.3 is 11.9 Å². The van der Waals surface area contributed by atoms with Crippen LogP contribution < -0.4 is 5.43 Å². The van der Waals surface area contributed by atoms with Crippen LogP contribution in [0.25, 0.3) is 10.2 Å². The highest BCUT2D eigenvalue weighted by Crippen LogP contribution is 2.33. The minimum Gasteiger partial charge on any atom is -0.772 e. The van der Waals surface area contributed by atoms with Gasteiger partial charge in [0.2, 0.25) is 5.13 Å². The van der Waals surface area contributed by atoms with Gasteiger partial charge in [0, 0.05) is 18.6 Å². The van der Waals surface area contributed by atoms with Crippen LogP contribution in [-0.2, 0) is 35.9 Å². The van der Waals surface area contributed by atoms with Crippen LogP contribution in [-0.4, -0.2) is 37.2 Å². The van der Waals surface area contributed by atoms with Gasteiger partial charge in [0.05, 0.1) is 10.2 Å². The summed E-state index contributed by atoms with van der Waals surface area (Å²) in [5, 5.41) is 4.21. The number of esters is 2. The number of nitrogens with zero attached hydrogens (tertiary/aromatic N) is 2. The molecule has 0 amide bonds. The second kappa shape index (κ2) is 9.41. The SMILES string of the molecule is CC(C)CC1(CC(C)C)OC(=O)C(=NNc2nc3ccc(CS(=O)[O-])cc3s2)C(=O)O1. The molecule has 31 heavy (non-hydrogen) atoms. The Morgan fingerprint density at radius 1 is 1.16 bits per heavy atom. The van der Waals surface area contributed by atoms with Gasteiger partial charge < -0.3 is 14.0 Å². The molecule has 2 aromatic rings. The minimum atomic E-state index is -2.19. The molecule has 0 radical (unpaired) electrons. The summed E-state index contributed by atoms with van der Waals surface area (Å²) in [5.41, 5.74) is 3.39. The maximum atomic E-state index is 12.6. The minimum absolute atomic E-state index is 0.0922. The predicted molar refractivity (Wildman–Crippen MR) is 117 cm³/mol. The number of carbonyl (C=O) groups is 2. The number of aromatic nitrogens is 1. The molecule has 1 aliphatic heterocycles. The number of fused-ring (bicyclic) bond motifs is 1. The van der Waals surface area contributed by atoms with E-state index in [0.29, 0.717) is 29.1 Å². The van der Waals surface area contributed by atoms with E-state index in [4.69, 9.17) is 9.47 Å². The molecule has 1 aromatic carbocycles. The third kappa shape index (κ3) is 5.86. The van der Waals surface area contributed by atoms with Crippen LogP contribution in [0.5, 0.6) is 0 Å². The number of hydrogen-bond acceptors (Lipinski definition) is 10. The van der Waals surface area contributed by atoms with Crippen LogP contribution in [0.1, 0.15) is 46.1 Å². The highest BCUT2D eigenvalue weighted by Gasteiger charge is 2.48. The van der Waals surface area contributed by atoms with Gasteiger partial charge in [-0.25, -0.2) is 14.6 Å². The number of carbonyl (C=O) groups excluding carboxylic acids is 2. The van der Waals surface area contributed by atoms with Crippen molar-refractivity contribution in [3.05, 3.63) is 23.8 Å². The second-order valence-electron chi connectivity index (χ2n) is 8.23. The van der Waals surface area contributed by atoms with E-state index in [9.17, 15) is 18.4 Å². The smallest absolute Gasteiger partial charge is 0.369 e. The number of benzene rings is 1. The van der Waals surface area contributed by atoms with E-state index in [0.717, 1.165) is 4.70 Å². The molecule has 1 saturated heterocycles. The van der Waals surface area contributed by atoms with Crippen molar-refractivity contribution in [1.82, 2.24) is 4.98 Å². The van der Waals surface area contributed by atoms with Crippen molar-refractivity contribution in [1.29, 1.82) is 0 Å². The summed E-state index contributed by atoms with van der Waals surface area (Å²) < 4.78 is 33.6. The van der Waals surface area contributed by atoms with E-state index in [1.807, 2.05) is 27.7 Å². The summed E-state index contributed by atoms with van der Waals surface area (Å²) in [4.78, 5) is 29.4. The molecule has 1 N–H and O–H groups in total. The lowest BCUT2D eigenvalue weighted by Gasteiger charge is -2.38. The Balaban J connectivity index is 1.77. The van der Waals surface area contributed by atoms with Crippen molar-refractivity contribution in [3.63, 3.8) is 0 Å². The Hall–Kier alpha value is -2.37. The molecule has 11 heteroatoms. The molecule has 0 bridgehead atoms. The van der Waals surface area contributed by atoms with Crippen LogP contribution in [0.4, 0.5) is 5.13 Å². The Bertz CT molecular complexity index is 1010. The Labute approximate surface area is 186 Å². The van der Waals surface area contributed by atoms with Gasteiger partial charge in [0.1, 0.15) is 0 Å². The maximum absolute atomic E-state index is 12.6. The van der Waals surface area contributed by atoms with Gasteiger partial charge in [0.25, 0.3) is 11.5 Å². The summed E-state index contributed by atoms with van der Waals surface area (Å²) >= 11 is -0.976. The number of cyclic esters (lactones) is 2. The van der Waals surface area contributed by atoms with E-state index in [1.165, 1.54) is 11.3 Å². The molecule has 0 aliphatic carbocycles. The van der Waals surface area contributed by atoms with Gasteiger partial charge in [-0.2, -0.15) is 5.10 Å². The molecule has 1 fully saturated rings. The Morgan fingerprint density at radius 3 is 2.32 bits per heavy atom. The first kappa shape index (κ1) is 23.3. The van der Waals surface area contributed by atoms with E-state index in [2.05, 4.69) is 15.5 Å². The molecule has 1 aliphatic rings. The highest BCUT2D eigenvalue weighted by molar-refractivity contribution is 7.78. The van der Waals surface area contributed by atoms with Gasteiger partial charge in [-0.15, -0.1) is 0 Å². The van der Waals surface area contributed by atoms with Gasteiger partial charge in [-0.05, 0) is 29.5 Å². The lowest BCUT2D eigenvalue weighted by Crippen LogP contribution is -2.52. The molecular weight excluding hydrogens is 442 g/mol. The Morgan fingerprint density at radius 2 is 1.77 bits per heavy atom. The predicted octanol–water partition coefficient (Wildman–Crippen LogP) is 3.33. The first-order valence-corrected chi connectivity index (χ1v) is 11.9. The van der Waals surface area contributed by atoms with E-state index in [1.54, 1.807) is 18.2 Å². The van der Waals surface area contributed by atoms with Crippen molar-refractivity contribution in [2.75, 3.05) is 5.43 Å². The molecule has 168 valence electrons. The van der Waals surface area contributed by atoms with Gasteiger partial charge in [-0.3, -0.25) is 9.63 Å². The summed E-state index contributed by atoms with van der Waals surface area (Å²) in [5.74, 6) is -2.75. The molecular formula is C20H24N3O6S2-. The normalized spacial score (nSPS) is 17.1. The zero-order chi connectivity index (χ0) is 22.8. The molecule has 1 unspecified atom stereocenters. The zero-order valence-electron chi connectivity index (χ0n) is 17.7. The van der Waals surface area contributed by atoms with Crippen molar-refractivity contribution in [2.45, 2.75) is 52.1 Å². The topological polar surface area (TPSA) is 130 Å². The first-order valence-electron chi connectivity index (χ1n) is 9.82. The number of rotatable bonds is 8. The summed E-state index contributed by atoms with van der Waals surface area (Å²) in [6.07, 6.45) is 0.801. The number of ether oxygens (including phenoxy) is 2. The largest absolute Gasteiger partial charge is 0.772 e. The van der Waals surface area contributed by atoms with Crippen LogP contribution in [0.15, 0.2) is 23.3 Å². The van der Waals surface area contributed by atoms with Gasteiger partial charge in [0.15, 0.2) is 0 Å². The zero-order valence-corrected chi connectivity index (χ0v) is 19.3. The molecule has 0 spiro atoms. The lowest BCUT2D eigenvalue weighted by atomic mass is 9.93. The molecule has 3 rings (SSSR count). The third-order valence-corrected chi connectivity index (χ3v) is 5.88. The van der Waals surface area contributed by atoms with Crippen LogP contribution >= 0.6 is 11.3 Å². The average Bonchev–Trinajstić information content (AvgIpc) is 3.00. The van der Waals surface area contributed by atoms with Gasteiger partial charge in [-0.1, -0.05) is 56.2 Å². The fourth-order valence-electron chi connectivity index (χ4n) is 3.47. The standard InChI is InChI=1S/C20H25N3O6S2/c1-11(2)8-20(9-12(3)4)28-17(24)16(18(25)29-20)22-23-19-21-14-6-5-13(10-31(26)27)7-15(14)30-19/h5-7,11-12H,8-10H2,1-4H3,(H,21,23)(H,26,27)/p-1.